The van der Waals surface area contributed by atoms with E-state index in [0.717, 1.165) is 65.7 Å². The van der Waals surface area contributed by atoms with Gasteiger partial charge in [-0.25, -0.2) is 4.68 Å². The topological polar surface area (TPSA) is 96.2 Å². The molecule has 0 amide bonds. The van der Waals surface area contributed by atoms with Crippen molar-refractivity contribution in [2.45, 2.75) is 143 Å². The second-order valence-electron chi connectivity index (χ2n) is 14.8. The molecule has 0 unspecified atom stereocenters. The molecule has 1 aromatic carbocycles. The predicted octanol–water partition coefficient (Wildman–Crippen LogP) is 12.1. The highest BCUT2D eigenvalue weighted by Crippen LogP contribution is 2.33. The van der Waals surface area contributed by atoms with E-state index in [-0.39, 0.29) is 18.5 Å². The largest absolute Gasteiger partial charge is 0.442 e. The Morgan fingerprint density at radius 3 is 1.91 bits per heavy atom. The summed E-state index contributed by atoms with van der Waals surface area (Å²) in [6.45, 7) is 8.11. The Labute approximate surface area is 324 Å². The van der Waals surface area contributed by atoms with Gasteiger partial charge in [0.1, 0.15) is 0 Å². The summed E-state index contributed by atoms with van der Waals surface area (Å²) in [6, 6.07) is 17.1. The standard InChI is InChI=1S/C40H52N4O3.C6H12O/c1-3-4-5-6-7-8-9-10-11-12-13-14-15-16-17-21-39(46)47-31-44-40(37-20-18-19-27-41-37)36(30-43-44)35-26-28-42-38(29-35)34-24-22-33(23-25-34)32(2)45;1-6-2-4-7-5-3-6/h18-20,22-30H,3-17,21,31H2,1-2H3;6H,2-5H2,1H3. The molecule has 1 fully saturated rings. The second kappa shape index (κ2) is 25.0. The number of unbranched alkanes of at least 4 members (excludes halogenated alkanes) is 14. The van der Waals surface area contributed by atoms with Crippen molar-refractivity contribution in [2.75, 3.05) is 13.2 Å². The highest BCUT2D eigenvalue weighted by Gasteiger charge is 2.18. The molecule has 0 spiro atoms. The summed E-state index contributed by atoms with van der Waals surface area (Å²) in [7, 11) is 0. The van der Waals surface area contributed by atoms with Gasteiger partial charge in [0.25, 0.3) is 0 Å². The highest BCUT2D eigenvalue weighted by molar-refractivity contribution is 5.94. The Kier molecular flexibility index (Phi) is 19.7. The van der Waals surface area contributed by atoms with Crippen LogP contribution >= 0.6 is 0 Å². The van der Waals surface area contributed by atoms with Crippen LogP contribution in [0.3, 0.4) is 0 Å². The number of hydrogen-bond donors (Lipinski definition) is 0. The maximum absolute atomic E-state index is 12.6. The zero-order valence-electron chi connectivity index (χ0n) is 33.3. The SMILES string of the molecule is CC1CCOCC1.CCCCCCCCCCCCCCCCCC(=O)OCn1ncc(-c2ccnc(-c3ccc(C(C)=O)cc3)c2)c1-c1ccccn1. The van der Waals surface area contributed by atoms with E-state index in [2.05, 4.69) is 28.9 Å². The fourth-order valence-electron chi connectivity index (χ4n) is 6.76. The van der Waals surface area contributed by atoms with Crippen LogP contribution in [0.15, 0.2) is 73.2 Å². The number of pyridine rings is 2. The maximum Gasteiger partial charge on any atom is 0.307 e. The molecule has 0 atom stereocenters. The molecule has 1 saturated heterocycles. The van der Waals surface area contributed by atoms with E-state index in [9.17, 15) is 9.59 Å². The number of carbonyl (C=O) groups is 2. The number of esters is 1. The van der Waals surface area contributed by atoms with Crippen LogP contribution < -0.4 is 0 Å². The summed E-state index contributed by atoms with van der Waals surface area (Å²) in [5, 5.41) is 4.59. The lowest BCUT2D eigenvalue weighted by Crippen LogP contribution is -2.12. The molecule has 3 aromatic heterocycles. The van der Waals surface area contributed by atoms with Crippen molar-refractivity contribution in [3.8, 4) is 33.8 Å². The van der Waals surface area contributed by atoms with Crippen molar-refractivity contribution in [3.63, 3.8) is 0 Å². The Bertz CT molecular complexity index is 1630. The Morgan fingerprint density at radius 1 is 0.741 bits per heavy atom. The summed E-state index contributed by atoms with van der Waals surface area (Å²) in [5.74, 6) is 0.735. The van der Waals surface area contributed by atoms with E-state index < -0.39 is 0 Å². The predicted molar refractivity (Wildman–Crippen MR) is 219 cm³/mol. The van der Waals surface area contributed by atoms with E-state index >= 15 is 0 Å². The van der Waals surface area contributed by atoms with Crippen LogP contribution in [0.25, 0.3) is 33.8 Å². The van der Waals surface area contributed by atoms with Crippen molar-refractivity contribution in [1.29, 1.82) is 0 Å². The van der Waals surface area contributed by atoms with Crippen molar-refractivity contribution >= 4 is 11.8 Å². The quantitative estimate of drug-likeness (QED) is 0.0450. The Hall–Kier alpha value is -4.17. The minimum Gasteiger partial charge on any atom is -0.442 e. The first kappa shape index (κ1) is 42.6. The van der Waals surface area contributed by atoms with Gasteiger partial charge in [-0.15, -0.1) is 0 Å². The number of aromatic nitrogens is 4. The van der Waals surface area contributed by atoms with Gasteiger partial charge in [-0.1, -0.05) is 134 Å². The van der Waals surface area contributed by atoms with E-state index in [1.807, 2.05) is 54.6 Å². The van der Waals surface area contributed by atoms with Gasteiger partial charge < -0.3 is 9.47 Å². The van der Waals surface area contributed by atoms with Crippen LogP contribution in [0.1, 0.15) is 147 Å². The van der Waals surface area contributed by atoms with Crippen molar-refractivity contribution in [2.24, 2.45) is 5.92 Å². The summed E-state index contributed by atoms with van der Waals surface area (Å²) in [6.07, 6.45) is 27.6. The van der Waals surface area contributed by atoms with Crippen LogP contribution in [0.4, 0.5) is 0 Å². The lowest BCUT2D eigenvalue weighted by atomic mass is 10.0. The normalized spacial score (nSPS) is 12.9. The summed E-state index contributed by atoms with van der Waals surface area (Å²) in [5.41, 5.74) is 5.66. The Balaban J connectivity index is 0.000000831. The summed E-state index contributed by atoms with van der Waals surface area (Å²) < 4.78 is 12.5. The fourth-order valence-corrected chi connectivity index (χ4v) is 6.76. The molecule has 0 saturated carbocycles. The number of hydrogen-bond acceptors (Lipinski definition) is 7. The van der Waals surface area contributed by atoms with E-state index in [4.69, 9.17) is 9.47 Å². The average Bonchev–Trinajstić information content (AvgIpc) is 3.63. The lowest BCUT2D eigenvalue weighted by Gasteiger charge is -2.16. The van der Waals surface area contributed by atoms with Gasteiger partial charge in [0.2, 0.25) is 0 Å². The lowest BCUT2D eigenvalue weighted by molar-refractivity contribution is -0.148. The van der Waals surface area contributed by atoms with Gasteiger partial charge in [0.05, 0.1) is 23.3 Å². The van der Waals surface area contributed by atoms with Crippen molar-refractivity contribution in [1.82, 2.24) is 19.7 Å². The first-order valence-corrected chi connectivity index (χ1v) is 20.7. The zero-order chi connectivity index (χ0) is 38.2. The molecule has 4 heterocycles. The summed E-state index contributed by atoms with van der Waals surface area (Å²) >= 11 is 0. The minimum absolute atomic E-state index is 0.0218. The number of ketones is 1. The highest BCUT2D eigenvalue weighted by atomic mass is 16.5. The van der Waals surface area contributed by atoms with Gasteiger partial charge in [-0.2, -0.15) is 5.10 Å². The van der Waals surface area contributed by atoms with Gasteiger partial charge in [-0.05, 0) is 61.9 Å². The molecule has 1 aliphatic rings. The molecule has 1 aliphatic heterocycles. The van der Waals surface area contributed by atoms with E-state index in [1.165, 1.54) is 96.3 Å². The zero-order valence-corrected chi connectivity index (χ0v) is 33.3. The molecular weight excluding hydrogens is 673 g/mol. The number of ether oxygens (including phenoxy) is 2. The molecule has 54 heavy (non-hydrogen) atoms. The third kappa shape index (κ3) is 15.3. The molecule has 8 nitrogen and oxygen atoms in total. The number of carbonyl (C=O) groups excluding carboxylic acids is 2. The molecule has 292 valence electrons. The third-order valence-corrected chi connectivity index (χ3v) is 10.2. The molecular formula is C46H64N4O4. The second-order valence-corrected chi connectivity index (χ2v) is 14.8. The monoisotopic (exact) mass is 736 g/mol. The van der Waals surface area contributed by atoms with Crippen molar-refractivity contribution < 1.29 is 19.1 Å². The van der Waals surface area contributed by atoms with E-state index in [0.29, 0.717) is 12.0 Å². The number of rotatable bonds is 22. The average molecular weight is 737 g/mol. The number of benzene rings is 1. The molecule has 0 bridgehead atoms. The minimum atomic E-state index is -0.205. The first-order valence-electron chi connectivity index (χ1n) is 20.7. The first-order chi connectivity index (χ1) is 26.5. The molecule has 0 aliphatic carbocycles. The van der Waals surface area contributed by atoms with Gasteiger partial charge in [0, 0.05) is 48.7 Å². The van der Waals surface area contributed by atoms with Crippen LogP contribution in [0.5, 0.6) is 0 Å². The third-order valence-electron chi connectivity index (χ3n) is 10.2. The maximum atomic E-state index is 12.6. The van der Waals surface area contributed by atoms with Gasteiger partial charge in [0.15, 0.2) is 12.5 Å². The van der Waals surface area contributed by atoms with Crippen LogP contribution in [0.2, 0.25) is 0 Å². The van der Waals surface area contributed by atoms with Crippen LogP contribution in [-0.4, -0.2) is 44.7 Å². The smallest absolute Gasteiger partial charge is 0.307 e. The van der Waals surface area contributed by atoms with Gasteiger partial charge >= 0.3 is 5.97 Å². The molecule has 5 rings (SSSR count). The molecule has 4 aromatic rings. The van der Waals surface area contributed by atoms with E-state index in [1.54, 1.807) is 30.2 Å². The molecule has 8 heteroatoms. The van der Waals surface area contributed by atoms with Gasteiger partial charge in [-0.3, -0.25) is 19.6 Å². The summed E-state index contributed by atoms with van der Waals surface area (Å²) in [4.78, 5) is 33.5. The fraction of sp³-hybridized carbons (Fsp3) is 0.543. The molecule has 0 N–H and O–H groups in total. The van der Waals surface area contributed by atoms with Crippen LogP contribution in [-0.2, 0) is 21.0 Å². The van der Waals surface area contributed by atoms with Crippen molar-refractivity contribution in [3.05, 3.63) is 78.8 Å². The van der Waals surface area contributed by atoms with Crippen LogP contribution in [0, 0.1) is 5.92 Å². The number of nitrogens with zero attached hydrogens (tertiary/aromatic N) is 4. The Morgan fingerprint density at radius 2 is 1.35 bits per heavy atom. The number of Topliss-reactive ketones (excluding diaryl/α,β-unsaturated/α-hetero) is 1. The molecule has 0 radical (unpaired) electrons.